The summed E-state index contributed by atoms with van der Waals surface area (Å²) in [5.74, 6) is -0.118. The number of carbonyl (C=O) groups is 2. The summed E-state index contributed by atoms with van der Waals surface area (Å²) in [7, 11) is -4.64. The van der Waals surface area contributed by atoms with E-state index in [1.54, 1.807) is 0 Å². The molecule has 4 unspecified atom stereocenters. The first-order chi connectivity index (χ1) is 28.6. The molecule has 0 aromatic carbocycles. The Morgan fingerprint density at radius 2 is 1.24 bits per heavy atom. The minimum atomic E-state index is -4.64. The summed E-state index contributed by atoms with van der Waals surface area (Å²) in [6, 6.07) is 0. The van der Waals surface area contributed by atoms with Crippen molar-refractivity contribution in [2.45, 2.75) is 219 Å². The van der Waals surface area contributed by atoms with Crippen molar-refractivity contribution in [3.8, 4) is 0 Å². The van der Waals surface area contributed by atoms with Gasteiger partial charge in [0.15, 0.2) is 6.10 Å². The summed E-state index contributed by atoms with van der Waals surface area (Å²) in [5.41, 5.74) is 0. The Labute approximate surface area is 358 Å². The third kappa shape index (κ3) is 35.4. The Bertz CT molecular complexity index is 1160. The van der Waals surface area contributed by atoms with Crippen LogP contribution in [-0.2, 0) is 37.4 Å². The van der Waals surface area contributed by atoms with E-state index in [0.717, 1.165) is 44.4 Å². The van der Waals surface area contributed by atoms with Crippen LogP contribution in [0.1, 0.15) is 194 Å². The summed E-state index contributed by atoms with van der Waals surface area (Å²) >= 11 is 0. The second kappa shape index (κ2) is 37.9. The molecular weight excluding hydrogens is 771 g/mol. The molecule has 344 valence electrons. The Hall–Kier alpha value is -1.85. The molecule has 59 heavy (non-hydrogen) atoms. The summed E-state index contributed by atoms with van der Waals surface area (Å²) < 4.78 is 38.5. The van der Waals surface area contributed by atoms with Gasteiger partial charge in [-0.15, -0.1) is 0 Å². The number of ether oxygens (including phenoxy) is 3. The van der Waals surface area contributed by atoms with Gasteiger partial charge in [0.2, 0.25) is 0 Å². The molecule has 0 saturated carbocycles. The topological polar surface area (TPSA) is 161 Å². The number of unbranched alkanes of at least 4 members (excludes halogenated alkanes) is 16. The van der Waals surface area contributed by atoms with Crippen LogP contribution < -0.4 is 0 Å². The third-order valence-corrected chi connectivity index (χ3v) is 11.7. The molecule has 3 N–H and O–H groups in total. The first kappa shape index (κ1) is 55.2. The van der Waals surface area contributed by atoms with Crippen molar-refractivity contribution in [2.24, 2.45) is 5.92 Å². The molecule has 1 aliphatic heterocycles. The number of esters is 2. The molecule has 6 atom stereocenters. The minimum Gasteiger partial charge on any atom is -0.462 e. The van der Waals surface area contributed by atoms with Crippen LogP contribution in [0.4, 0.5) is 0 Å². The van der Waals surface area contributed by atoms with Gasteiger partial charge in [-0.1, -0.05) is 173 Å². The van der Waals surface area contributed by atoms with Gasteiger partial charge in [0, 0.05) is 12.8 Å². The van der Waals surface area contributed by atoms with E-state index in [4.69, 9.17) is 28.4 Å². The van der Waals surface area contributed by atoms with Crippen molar-refractivity contribution in [2.75, 3.05) is 26.4 Å². The number of phosphoric ester groups is 1. The molecule has 1 aliphatic rings. The molecule has 0 aromatic rings. The van der Waals surface area contributed by atoms with Crippen LogP contribution in [0.25, 0.3) is 0 Å². The number of carbonyl (C=O) groups excluding carboxylic acids is 2. The van der Waals surface area contributed by atoms with Gasteiger partial charge < -0.3 is 29.3 Å². The first-order valence-corrected chi connectivity index (χ1v) is 25.0. The Morgan fingerprint density at radius 1 is 0.678 bits per heavy atom. The van der Waals surface area contributed by atoms with Crippen LogP contribution in [0.3, 0.4) is 0 Å². The fourth-order valence-corrected chi connectivity index (χ4v) is 7.43. The largest absolute Gasteiger partial charge is 0.472 e. The zero-order valence-electron chi connectivity index (χ0n) is 37.3. The van der Waals surface area contributed by atoms with Gasteiger partial charge in [-0.25, -0.2) is 4.57 Å². The highest BCUT2D eigenvalue weighted by molar-refractivity contribution is 7.47. The quantitative estimate of drug-likeness (QED) is 0.0176. The lowest BCUT2D eigenvalue weighted by Gasteiger charge is -2.20. The molecule has 0 radical (unpaired) electrons. The Balaban J connectivity index is 2.25. The van der Waals surface area contributed by atoms with Crippen molar-refractivity contribution in [3.63, 3.8) is 0 Å². The molecule has 1 rings (SSSR count). The number of allylic oxidation sites excluding steroid dienone is 5. The first-order valence-electron chi connectivity index (χ1n) is 23.5. The highest BCUT2D eigenvalue weighted by Gasteiger charge is 2.36. The lowest BCUT2D eigenvalue weighted by Crippen LogP contribution is -2.29. The van der Waals surface area contributed by atoms with Crippen LogP contribution in [0, 0.1) is 5.92 Å². The van der Waals surface area contributed by atoms with E-state index < -0.39 is 51.8 Å². The average Bonchev–Trinajstić information content (AvgIpc) is 3.98. The van der Waals surface area contributed by atoms with Crippen LogP contribution in [0.5, 0.6) is 0 Å². The third-order valence-electron chi connectivity index (χ3n) is 10.8. The van der Waals surface area contributed by atoms with Gasteiger partial charge in [0.1, 0.15) is 12.7 Å². The monoisotopic (exact) mass is 857 g/mol. The second-order valence-electron chi connectivity index (χ2n) is 16.4. The fourth-order valence-electron chi connectivity index (χ4n) is 6.64. The molecule has 11 nitrogen and oxygen atoms in total. The minimum absolute atomic E-state index is 0.105. The van der Waals surface area contributed by atoms with Crippen molar-refractivity contribution < 1.29 is 52.5 Å². The maximum atomic E-state index is 12.6. The number of hydrogen-bond acceptors (Lipinski definition) is 10. The maximum Gasteiger partial charge on any atom is 0.472 e. The van der Waals surface area contributed by atoms with E-state index in [1.807, 2.05) is 12.2 Å². The Morgan fingerprint density at radius 3 is 1.85 bits per heavy atom. The number of rotatable bonds is 42. The second-order valence-corrected chi connectivity index (χ2v) is 17.9. The maximum absolute atomic E-state index is 12.6. The van der Waals surface area contributed by atoms with Crippen LogP contribution in [-0.4, -0.2) is 77.9 Å². The van der Waals surface area contributed by atoms with Crippen LogP contribution in [0.15, 0.2) is 36.5 Å². The molecular formula is C47H85O11P. The number of hydrogen-bond donors (Lipinski definition) is 3. The smallest absolute Gasteiger partial charge is 0.462 e. The normalized spacial score (nSPS) is 18.1. The van der Waals surface area contributed by atoms with E-state index >= 15 is 0 Å². The van der Waals surface area contributed by atoms with Crippen LogP contribution in [0.2, 0.25) is 0 Å². The highest BCUT2D eigenvalue weighted by Crippen LogP contribution is 2.43. The SMILES string of the molecule is CCCCCC1OC1C/C=C\C/C=C\C/C=C\CCCC(=O)O[C@H](COC(=O)CCCCCCCCCCCCCCCCC(C)CC)COP(=O)(O)OC[C@@H](O)CO. The molecule has 1 fully saturated rings. The lowest BCUT2D eigenvalue weighted by atomic mass is 9.99. The summed E-state index contributed by atoms with van der Waals surface area (Å²) in [6.45, 7) is 4.67. The molecule has 0 bridgehead atoms. The molecule has 1 heterocycles. The molecule has 0 amide bonds. The molecule has 1 saturated heterocycles. The number of phosphoric acid groups is 1. The predicted molar refractivity (Wildman–Crippen MR) is 237 cm³/mol. The predicted octanol–water partition coefficient (Wildman–Crippen LogP) is 11.6. The standard InChI is InChI=1S/C47H85O11P/c1-4-6-27-33-44-45(58-44)34-29-24-20-16-13-14-18-22-26-31-36-47(51)57-43(40-56-59(52,53)55-38-42(49)37-48)39-54-46(50)35-30-25-21-17-12-10-8-7-9-11-15-19-23-28-32-41(3)5-2/h13,16,18,22,24,29,41-45,48-49H,4-12,14-15,17,19-21,23,25-28,30-40H2,1-3H3,(H,52,53)/b16-13-,22-18-,29-24-/t41?,42-,43+,44?,45?/m0/s1. The van der Waals surface area contributed by atoms with Crippen LogP contribution >= 0.6 is 7.82 Å². The van der Waals surface area contributed by atoms with E-state index in [9.17, 15) is 24.2 Å². The zero-order chi connectivity index (χ0) is 43.2. The van der Waals surface area contributed by atoms with Crippen molar-refractivity contribution in [1.29, 1.82) is 0 Å². The Kier molecular flexibility index (Phi) is 35.4. The fraction of sp³-hybridized carbons (Fsp3) is 0.830. The van der Waals surface area contributed by atoms with Gasteiger partial charge in [0.05, 0.1) is 32.0 Å². The van der Waals surface area contributed by atoms with Crippen molar-refractivity contribution in [3.05, 3.63) is 36.5 Å². The van der Waals surface area contributed by atoms with Gasteiger partial charge in [0.25, 0.3) is 0 Å². The van der Waals surface area contributed by atoms with Gasteiger partial charge in [-0.2, -0.15) is 0 Å². The number of aliphatic hydroxyl groups is 2. The molecule has 0 spiro atoms. The molecule has 12 heteroatoms. The summed E-state index contributed by atoms with van der Waals surface area (Å²) in [6.07, 6.45) is 40.0. The number of epoxide rings is 1. The van der Waals surface area contributed by atoms with Gasteiger partial charge >= 0.3 is 19.8 Å². The zero-order valence-corrected chi connectivity index (χ0v) is 38.2. The van der Waals surface area contributed by atoms with E-state index in [2.05, 4.69) is 45.1 Å². The van der Waals surface area contributed by atoms with E-state index in [1.165, 1.54) is 103 Å². The highest BCUT2D eigenvalue weighted by atomic mass is 31.2. The van der Waals surface area contributed by atoms with Crippen molar-refractivity contribution >= 4 is 19.8 Å². The van der Waals surface area contributed by atoms with Gasteiger partial charge in [-0.05, 0) is 50.9 Å². The van der Waals surface area contributed by atoms with Gasteiger partial charge in [-0.3, -0.25) is 18.6 Å². The summed E-state index contributed by atoms with van der Waals surface area (Å²) in [5, 5.41) is 18.4. The summed E-state index contributed by atoms with van der Waals surface area (Å²) in [4.78, 5) is 35.1. The number of aliphatic hydroxyl groups excluding tert-OH is 2. The van der Waals surface area contributed by atoms with E-state index in [-0.39, 0.29) is 19.4 Å². The lowest BCUT2D eigenvalue weighted by molar-refractivity contribution is -0.161. The molecule has 0 aromatic heterocycles. The van der Waals surface area contributed by atoms with Crippen molar-refractivity contribution in [1.82, 2.24) is 0 Å². The van der Waals surface area contributed by atoms with E-state index in [0.29, 0.717) is 31.5 Å². The molecule has 0 aliphatic carbocycles. The average molecular weight is 857 g/mol.